The number of carbonyl (C=O) groups excluding carboxylic acids is 2. The van der Waals surface area contributed by atoms with E-state index in [1.165, 1.54) is 4.90 Å². The van der Waals surface area contributed by atoms with Gasteiger partial charge in [-0.1, -0.05) is 13.8 Å². The molecule has 0 saturated heterocycles. The van der Waals surface area contributed by atoms with Crippen molar-refractivity contribution in [2.24, 2.45) is 5.92 Å². The average Bonchev–Trinajstić information content (AvgIpc) is 2.27. The van der Waals surface area contributed by atoms with Crippen molar-refractivity contribution in [1.82, 2.24) is 4.90 Å². The molecule has 0 rings (SSSR count). The fraction of sp³-hybridized carbons (Fsp3) is 0.857. The van der Waals surface area contributed by atoms with Crippen LogP contribution in [0.3, 0.4) is 0 Å². The van der Waals surface area contributed by atoms with E-state index in [9.17, 15) is 9.59 Å². The van der Waals surface area contributed by atoms with Crippen LogP contribution in [0, 0.1) is 5.92 Å². The lowest BCUT2D eigenvalue weighted by Crippen LogP contribution is -2.29. The Morgan fingerprint density at radius 2 is 1.84 bits per heavy atom. The molecule has 0 heterocycles. The molecule has 0 aliphatic rings. The lowest BCUT2D eigenvalue weighted by atomic mass is 10.1. The molecule has 1 unspecified atom stereocenters. The van der Waals surface area contributed by atoms with Crippen molar-refractivity contribution in [3.05, 3.63) is 0 Å². The Hall–Kier alpha value is -1.26. The van der Waals surface area contributed by atoms with Gasteiger partial charge in [-0.3, -0.25) is 4.79 Å². The fourth-order valence-corrected chi connectivity index (χ4v) is 1.61. The highest BCUT2D eigenvalue weighted by Gasteiger charge is 2.13. The van der Waals surface area contributed by atoms with Crippen molar-refractivity contribution in [2.75, 3.05) is 20.2 Å². The van der Waals surface area contributed by atoms with Crippen LogP contribution in [0.15, 0.2) is 0 Å². The molecule has 0 N–H and O–H groups in total. The van der Waals surface area contributed by atoms with Gasteiger partial charge in [0.1, 0.15) is 0 Å². The number of hydrogen-bond donors (Lipinski definition) is 0. The predicted molar refractivity (Wildman–Crippen MR) is 73.9 cm³/mol. The molecule has 0 bridgehead atoms. The van der Waals surface area contributed by atoms with E-state index in [1.807, 2.05) is 20.8 Å². The molecule has 0 radical (unpaired) electrons. The summed E-state index contributed by atoms with van der Waals surface area (Å²) < 4.78 is 10.1. The standard InChI is InChI=1S/C14H27NO4/c1-6-18-14(17)15(5)9-7-8-12(4)19-13(16)10-11(2)3/h11-12H,6-10H2,1-5H3. The van der Waals surface area contributed by atoms with Gasteiger partial charge in [-0.05, 0) is 32.6 Å². The first-order valence-corrected chi connectivity index (χ1v) is 6.94. The van der Waals surface area contributed by atoms with Gasteiger partial charge in [0.25, 0.3) is 0 Å². The summed E-state index contributed by atoms with van der Waals surface area (Å²) in [6, 6.07) is 0. The molecule has 19 heavy (non-hydrogen) atoms. The number of rotatable bonds is 8. The van der Waals surface area contributed by atoms with Gasteiger partial charge < -0.3 is 14.4 Å². The summed E-state index contributed by atoms with van der Waals surface area (Å²) in [6.45, 7) is 8.61. The summed E-state index contributed by atoms with van der Waals surface area (Å²) in [5.74, 6) is 0.163. The molecule has 0 saturated carbocycles. The Morgan fingerprint density at radius 3 is 2.37 bits per heavy atom. The molecule has 5 heteroatoms. The number of hydrogen-bond acceptors (Lipinski definition) is 4. The van der Waals surface area contributed by atoms with E-state index < -0.39 is 0 Å². The van der Waals surface area contributed by atoms with Crippen LogP contribution in [-0.2, 0) is 14.3 Å². The summed E-state index contributed by atoms with van der Waals surface area (Å²) in [6.07, 6.45) is 1.56. The molecular formula is C14H27NO4. The smallest absolute Gasteiger partial charge is 0.409 e. The Morgan fingerprint density at radius 1 is 1.21 bits per heavy atom. The summed E-state index contributed by atoms with van der Waals surface area (Å²) in [4.78, 5) is 24.3. The zero-order valence-corrected chi connectivity index (χ0v) is 12.8. The van der Waals surface area contributed by atoms with Gasteiger partial charge in [0.2, 0.25) is 0 Å². The Balaban J connectivity index is 3.76. The van der Waals surface area contributed by atoms with Gasteiger partial charge in [-0.2, -0.15) is 0 Å². The minimum Gasteiger partial charge on any atom is -0.463 e. The Kier molecular flexibility index (Phi) is 9.00. The molecule has 0 aromatic rings. The van der Waals surface area contributed by atoms with Crippen molar-refractivity contribution < 1.29 is 19.1 Å². The summed E-state index contributed by atoms with van der Waals surface area (Å²) in [5, 5.41) is 0. The predicted octanol–water partition coefficient (Wildman–Crippen LogP) is 2.83. The lowest BCUT2D eigenvalue weighted by Gasteiger charge is -2.18. The lowest BCUT2D eigenvalue weighted by molar-refractivity contribution is -0.149. The summed E-state index contributed by atoms with van der Waals surface area (Å²) in [7, 11) is 1.70. The third-order valence-corrected chi connectivity index (χ3v) is 2.59. The minimum atomic E-state index is -0.313. The zero-order valence-electron chi connectivity index (χ0n) is 12.8. The second-order valence-corrected chi connectivity index (χ2v) is 5.16. The topological polar surface area (TPSA) is 55.8 Å². The minimum absolute atomic E-state index is 0.109. The van der Waals surface area contributed by atoms with E-state index in [0.717, 1.165) is 12.8 Å². The number of amides is 1. The van der Waals surface area contributed by atoms with Crippen molar-refractivity contribution in [1.29, 1.82) is 0 Å². The van der Waals surface area contributed by atoms with E-state index in [2.05, 4.69) is 0 Å². The van der Waals surface area contributed by atoms with Crippen molar-refractivity contribution in [3.63, 3.8) is 0 Å². The molecule has 112 valence electrons. The van der Waals surface area contributed by atoms with E-state index in [4.69, 9.17) is 9.47 Å². The van der Waals surface area contributed by atoms with Crippen LogP contribution >= 0.6 is 0 Å². The van der Waals surface area contributed by atoms with Crippen LogP contribution in [0.2, 0.25) is 0 Å². The second-order valence-electron chi connectivity index (χ2n) is 5.16. The molecule has 0 fully saturated rings. The molecule has 0 aliphatic carbocycles. The SMILES string of the molecule is CCOC(=O)N(C)CCCC(C)OC(=O)CC(C)C. The second kappa shape index (κ2) is 9.64. The van der Waals surface area contributed by atoms with E-state index >= 15 is 0 Å². The summed E-state index contributed by atoms with van der Waals surface area (Å²) >= 11 is 0. The largest absolute Gasteiger partial charge is 0.463 e. The van der Waals surface area contributed by atoms with E-state index in [1.54, 1.807) is 14.0 Å². The Bertz CT molecular complexity index is 279. The van der Waals surface area contributed by atoms with Crippen LogP contribution in [-0.4, -0.2) is 43.3 Å². The van der Waals surface area contributed by atoms with Crippen LogP contribution in [0.5, 0.6) is 0 Å². The highest BCUT2D eigenvalue weighted by molar-refractivity contribution is 5.69. The molecule has 0 aromatic carbocycles. The van der Waals surface area contributed by atoms with Gasteiger partial charge in [0.05, 0.1) is 12.7 Å². The average molecular weight is 273 g/mol. The number of esters is 1. The molecule has 0 aromatic heterocycles. The monoisotopic (exact) mass is 273 g/mol. The number of ether oxygens (including phenoxy) is 2. The van der Waals surface area contributed by atoms with Crippen LogP contribution in [0.25, 0.3) is 0 Å². The summed E-state index contributed by atoms with van der Waals surface area (Å²) in [5.41, 5.74) is 0. The zero-order chi connectivity index (χ0) is 14.8. The molecule has 1 atom stereocenters. The maximum Gasteiger partial charge on any atom is 0.409 e. The number of nitrogens with zero attached hydrogens (tertiary/aromatic N) is 1. The van der Waals surface area contributed by atoms with E-state index in [-0.39, 0.29) is 18.2 Å². The Labute approximate surface area is 116 Å². The first-order valence-electron chi connectivity index (χ1n) is 6.94. The molecule has 0 aliphatic heterocycles. The van der Waals surface area contributed by atoms with Gasteiger partial charge >= 0.3 is 12.1 Å². The van der Waals surface area contributed by atoms with Gasteiger partial charge in [0.15, 0.2) is 0 Å². The fourth-order valence-electron chi connectivity index (χ4n) is 1.61. The highest BCUT2D eigenvalue weighted by Crippen LogP contribution is 2.08. The van der Waals surface area contributed by atoms with Crippen molar-refractivity contribution in [3.8, 4) is 0 Å². The van der Waals surface area contributed by atoms with Crippen molar-refractivity contribution >= 4 is 12.1 Å². The quantitative estimate of drug-likeness (QED) is 0.638. The van der Waals surface area contributed by atoms with Gasteiger partial charge in [0, 0.05) is 20.0 Å². The van der Waals surface area contributed by atoms with Crippen LogP contribution in [0.4, 0.5) is 4.79 Å². The molecule has 0 spiro atoms. The van der Waals surface area contributed by atoms with Crippen molar-refractivity contribution in [2.45, 2.75) is 53.1 Å². The van der Waals surface area contributed by atoms with Gasteiger partial charge in [-0.15, -0.1) is 0 Å². The molecule has 1 amide bonds. The maximum absolute atomic E-state index is 11.4. The first-order chi connectivity index (χ1) is 8.86. The van der Waals surface area contributed by atoms with Crippen LogP contribution in [0.1, 0.15) is 47.0 Å². The molecular weight excluding hydrogens is 246 g/mol. The normalized spacial score (nSPS) is 12.1. The third kappa shape index (κ3) is 9.33. The highest BCUT2D eigenvalue weighted by atomic mass is 16.6. The maximum atomic E-state index is 11.4. The first kappa shape index (κ1) is 17.7. The third-order valence-electron chi connectivity index (χ3n) is 2.59. The van der Waals surface area contributed by atoms with E-state index in [0.29, 0.717) is 25.5 Å². The number of carbonyl (C=O) groups is 2. The van der Waals surface area contributed by atoms with Crippen LogP contribution < -0.4 is 0 Å². The molecule has 5 nitrogen and oxygen atoms in total. The van der Waals surface area contributed by atoms with Gasteiger partial charge in [-0.25, -0.2) is 4.79 Å².